The first-order chi connectivity index (χ1) is 12.7. The Morgan fingerprint density at radius 2 is 1.69 bits per heavy atom. The fourth-order valence-corrected chi connectivity index (χ4v) is 4.19. The highest BCUT2D eigenvalue weighted by molar-refractivity contribution is 5.86. The van der Waals surface area contributed by atoms with Gasteiger partial charge in [0.25, 0.3) is 0 Å². The maximum atomic E-state index is 6.03. The third-order valence-electron chi connectivity index (χ3n) is 5.68. The standard InChI is InChI=1S/C18H30N8.3ClH/c19-9-10-21-16-15-17(26(11-22-15)14-3-1-2-4-14)25-18(24-16)23-13-7-5-12(20)6-8-13;;;/h11-14H,1-10,19-20H2,(H2,21,23,24,25);3*1H/t12-,13-;;;. The first-order valence-corrected chi connectivity index (χ1v) is 9.95. The summed E-state index contributed by atoms with van der Waals surface area (Å²) in [6, 6.07) is 1.22. The molecule has 0 aliphatic heterocycles. The van der Waals surface area contributed by atoms with Crippen molar-refractivity contribution in [3.8, 4) is 0 Å². The molecule has 2 fully saturated rings. The van der Waals surface area contributed by atoms with Crippen molar-refractivity contribution in [2.45, 2.75) is 69.5 Å². The number of anilines is 2. The third-order valence-corrected chi connectivity index (χ3v) is 5.68. The molecule has 2 aromatic heterocycles. The smallest absolute Gasteiger partial charge is 0.227 e. The van der Waals surface area contributed by atoms with Gasteiger partial charge in [-0.3, -0.25) is 0 Å². The van der Waals surface area contributed by atoms with E-state index >= 15 is 0 Å². The van der Waals surface area contributed by atoms with E-state index in [9.17, 15) is 0 Å². The molecule has 29 heavy (non-hydrogen) atoms. The number of halogens is 3. The number of nitrogens with two attached hydrogens (primary N) is 2. The van der Waals surface area contributed by atoms with Gasteiger partial charge in [-0.15, -0.1) is 37.2 Å². The molecule has 2 aliphatic carbocycles. The number of imidazole rings is 1. The average Bonchev–Trinajstić information content (AvgIpc) is 3.31. The van der Waals surface area contributed by atoms with Gasteiger partial charge in [0.1, 0.15) is 0 Å². The van der Waals surface area contributed by atoms with Crippen LogP contribution in [-0.4, -0.2) is 44.7 Å². The summed E-state index contributed by atoms with van der Waals surface area (Å²) in [5, 5.41) is 6.84. The van der Waals surface area contributed by atoms with Crippen LogP contribution in [0.15, 0.2) is 6.33 Å². The van der Waals surface area contributed by atoms with Gasteiger partial charge in [0.2, 0.25) is 5.95 Å². The van der Waals surface area contributed by atoms with Gasteiger partial charge in [-0.25, -0.2) is 4.98 Å². The molecule has 8 nitrogen and oxygen atoms in total. The molecule has 0 radical (unpaired) electrons. The van der Waals surface area contributed by atoms with Crippen molar-refractivity contribution in [1.29, 1.82) is 0 Å². The summed E-state index contributed by atoms with van der Waals surface area (Å²) >= 11 is 0. The third kappa shape index (κ3) is 5.98. The summed E-state index contributed by atoms with van der Waals surface area (Å²) in [6.45, 7) is 1.22. The van der Waals surface area contributed by atoms with Crippen molar-refractivity contribution >= 4 is 60.2 Å². The summed E-state index contributed by atoms with van der Waals surface area (Å²) in [5.74, 6) is 1.45. The summed E-state index contributed by atoms with van der Waals surface area (Å²) in [5.41, 5.74) is 13.4. The van der Waals surface area contributed by atoms with Gasteiger partial charge >= 0.3 is 0 Å². The van der Waals surface area contributed by atoms with E-state index in [2.05, 4.69) is 20.2 Å². The Hall–Kier alpha value is -1.06. The Bertz CT molecular complexity index is 742. The minimum Gasteiger partial charge on any atom is -0.367 e. The summed E-state index contributed by atoms with van der Waals surface area (Å²) in [7, 11) is 0. The highest BCUT2D eigenvalue weighted by Crippen LogP contribution is 2.33. The fourth-order valence-electron chi connectivity index (χ4n) is 4.19. The second-order valence-electron chi connectivity index (χ2n) is 7.63. The summed E-state index contributed by atoms with van der Waals surface area (Å²) in [4.78, 5) is 14.1. The summed E-state index contributed by atoms with van der Waals surface area (Å²) in [6.07, 6.45) is 11.1. The van der Waals surface area contributed by atoms with Crippen LogP contribution in [-0.2, 0) is 0 Å². The van der Waals surface area contributed by atoms with Gasteiger partial charge in [-0.05, 0) is 38.5 Å². The van der Waals surface area contributed by atoms with Crippen LogP contribution in [0.3, 0.4) is 0 Å². The van der Waals surface area contributed by atoms with Crippen molar-refractivity contribution in [3.05, 3.63) is 6.33 Å². The van der Waals surface area contributed by atoms with Gasteiger partial charge in [0, 0.05) is 31.2 Å². The number of fused-ring (bicyclic) bond motifs is 1. The number of hydrogen-bond acceptors (Lipinski definition) is 7. The SMILES string of the molecule is Cl.Cl.Cl.NCCNc1nc(N[C@H]2CC[C@H](N)CC2)nc2c1ncn2C1CCCC1. The molecule has 2 aromatic rings. The van der Waals surface area contributed by atoms with Gasteiger partial charge < -0.3 is 26.7 Å². The molecule has 11 heteroatoms. The van der Waals surface area contributed by atoms with E-state index in [4.69, 9.17) is 21.4 Å². The van der Waals surface area contributed by atoms with Crippen LogP contribution < -0.4 is 22.1 Å². The lowest BCUT2D eigenvalue weighted by atomic mass is 9.92. The van der Waals surface area contributed by atoms with Crippen molar-refractivity contribution < 1.29 is 0 Å². The van der Waals surface area contributed by atoms with Gasteiger partial charge in [-0.2, -0.15) is 9.97 Å². The van der Waals surface area contributed by atoms with E-state index in [1.54, 1.807) is 0 Å². The van der Waals surface area contributed by atoms with Gasteiger partial charge in [0.15, 0.2) is 17.0 Å². The van der Waals surface area contributed by atoms with Gasteiger partial charge in [-0.1, -0.05) is 12.8 Å². The molecule has 0 aromatic carbocycles. The van der Waals surface area contributed by atoms with Gasteiger partial charge in [0.05, 0.1) is 6.33 Å². The molecule has 2 aliphatic rings. The van der Waals surface area contributed by atoms with Crippen LogP contribution in [0.4, 0.5) is 11.8 Å². The van der Waals surface area contributed by atoms with E-state index in [1.165, 1.54) is 25.7 Å². The van der Waals surface area contributed by atoms with Crippen LogP contribution in [0.2, 0.25) is 0 Å². The van der Waals surface area contributed by atoms with E-state index in [0.29, 0.717) is 37.2 Å². The highest BCUT2D eigenvalue weighted by Gasteiger charge is 2.23. The Kier molecular flexibility index (Phi) is 10.7. The lowest BCUT2D eigenvalue weighted by Gasteiger charge is -2.27. The normalized spacial score (nSPS) is 21.7. The quantitative estimate of drug-likeness (QED) is 0.514. The monoisotopic (exact) mass is 466 g/mol. The molecule has 2 heterocycles. The fraction of sp³-hybridized carbons (Fsp3) is 0.722. The molecular weight excluding hydrogens is 435 g/mol. The van der Waals surface area contributed by atoms with E-state index in [1.807, 2.05) is 6.33 Å². The molecular formula is C18H33Cl3N8. The molecule has 0 unspecified atom stereocenters. The molecule has 0 saturated heterocycles. The first-order valence-electron chi connectivity index (χ1n) is 9.95. The molecule has 0 atom stereocenters. The molecule has 0 spiro atoms. The highest BCUT2D eigenvalue weighted by atomic mass is 35.5. The molecule has 2 saturated carbocycles. The van der Waals surface area contributed by atoms with Crippen molar-refractivity contribution in [1.82, 2.24) is 19.5 Å². The van der Waals surface area contributed by atoms with Crippen LogP contribution in [0.25, 0.3) is 11.2 Å². The Balaban J connectivity index is 0.00000140. The number of rotatable bonds is 6. The maximum absolute atomic E-state index is 6.03. The second-order valence-corrected chi connectivity index (χ2v) is 7.63. The number of aromatic nitrogens is 4. The molecule has 0 amide bonds. The Morgan fingerprint density at radius 1 is 1.00 bits per heavy atom. The lowest BCUT2D eigenvalue weighted by molar-refractivity contribution is 0.410. The summed E-state index contributed by atoms with van der Waals surface area (Å²) < 4.78 is 2.24. The van der Waals surface area contributed by atoms with Crippen LogP contribution >= 0.6 is 37.2 Å². The lowest BCUT2D eigenvalue weighted by Crippen LogP contribution is -2.33. The van der Waals surface area contributed by atoms with Crippen molar-refractivity contribution in [2.24, 2.45) is 11.5 Å². The molecule has 166 valence electrons. The average molecular weight is 468 g/mol. The van der Waals surface area contributed by atoms with E-state index < -0.39 is 0 Å². The number of nitrogens with zero attached hydrogens (tertiary/aromatic N) is 4. The van der Waals surface area contributed by atoms with E-state index in [0.717, 1.165) is 42.7 Å². The first kappa shape index (κ1) is 26.0. The predicted octanol–water partition coefficient (Wildman–Crippen LogP) is 3.26. The zero-order valence-corrected chi connectivity index (χ0v) is 19.0. The zero-order valence-electron chi connectivity index (χ0n) is 16.5. The van der Waals surface area contributed by atoms with Crippen molar-refractivity contribution in [3.63, 3.8) is 0 Å². The minimum absolute atomic E-state index is 0. The maximum Gasteiger partial charge on any atom is 0.227 e. The molecule has 6 N–H and O–H groups in total. The van der Waals surface area contributed by atoms with E-state index in [-0.39, 0.29) is 37.2 Å². The second kappa shape index (κ2) is 12.0. The number of hydrogen-bond donors (Lipinski definition) is 4. The van der Waals surface area contributed by atoms with Crippen molar-refractivity contribution in [2.75, 3.05) is 23.7 Å². The Morgan fingerprint density at radius 3 is 2.34 bits per heavy atom. The van der Waals surface area contributed by atoms with Crippen LogP contribution in [0.1, 0.15) is 57.4 Å². The zero-order chi connectivity index (χ0) is 17.9. The largest absolute Gasteiger partial charge is 0.367 e. The number of nitrogens with one attached hydrogen (secondary N) is 2. The van der Waals surface area contributed by atoms with Crippen LogP contribution in [0, 0.1) is 0 Å². The topological polar surface area (TPSA) is 120 Å². The predicted molar refractivity (Wildman–Crippen MR) is 126 cm³/mol. The Labute approximate surface area is 190 Å². The van der Waals surface area contributed by atoms with Crippen LogP contribution in [0.5, 0.6) is 0 Å². The minimum atomic E-state index is 0. The molecule has 4 rings (SSSR count). The molecule has 0 bridgehead atoms.